The summed E-state index contributed by atoms with van der Waals surface area (Å²) >= 11 is 16.7. The van der Waals surface area contributed by atoms with Crippen LogP contribution in [-0.4, -0.2) is 19.8 Å². The molecule has 2 rings (SSSR count). The number of hydrogen-bond donors (Lipinski definition) is 1. The topological polar surface area (TPSA) is 124 Å². The average molecular weight is 433 g/mol. The van der Waals surface area contributed by atoms with Crippen LogP contribution in [0.2, 0.25) is 15.3 Å². The molecule has 0 amide bonds. The summed E-state index contributed by atoms with van der Waals surface area (Å²) in [5, 5.41) is 22.7. The van der Waals surface area contributed by atoms with Crippen LogP contribution in [-0.2, 0) is 6.18 Å². The summed E-state index contributed by atoms with van der Waals surface area (Å²) in [6.07, 6.45) is -5.17. The number of halogens is 6. The molecule has 1 aromatic carbocycles. The van der Waals surface area contributed by atoms with Gasteiger partial charge in [-0.05, 0) is 0 Å². The van der Waals surface area contributed by atoms with Crippen LogP contribution in [0.3, 0.4) is 0 Å². The number of alkyl halides is 3. The fraction of sp³-hybridized carbons (Fsp3) is 0.0909. The standard InChI is InChI=1S/C11H3Cl3F3N5O4/c12-5-2-6(13)19-10(18-5)20-8-4(21(23)24)1-3(11(15,16)17)7(14)9(8)22(25)26/h1-2H,(H,18,19,20). The summed E-state index contributed by atoms with van der Waals surface area (Å²) in [6.45, 7) is 0. The van der Waals surface area contributed by atoms with Crippen LogP contribution in [0.15, 0.2) is 12.1 Å². The van der Waals surface area contributed by atoms with Crippen molar-refractivity contribution < 1.29 is 23.0 Å². The number of nitro groups is 2. The first-order valence-electron chi connectivity index (χ1n) is 6.11. The van der Waals surface area contributed by atoms with Gasteiger partial charge in [0, 0.05) is 12.1 Å². The maximum absolute atomic E-state index is 13.0. The van der Waals surface area contributed by atoms with Crippen molar-refractivity contribution in [2.24, 2.45) is 0 Å². The molecular formula is C11H3Cl3F3N5O4. The van der Waals surface area contributed by atoms with Crippen LogP contribution in [0.1, 0.15) is 5.56 Å². The van der Waals surface area contributed by atoms with Gasteiger partial charge >= 0.3 is 17.6 Å². The van der Waals surface area contributed by atoms with Crippen LogP contribution in [0.25, 0.3) is 0 Å². The van der Waals surface area contributed by atoms with E-state index in [1.807, 2.05) is 0 Å². The molecule has 0 aliphatic carbocycles. The Hall–Kier alpha value is -2.44. The molecule has 1 aromatic heterocycles. The average Bonchev–Trinajstić information content (AvgIpc) is 2.43. The van der Waals surface area contributed by atoms with E-state index in [1.165, 1.54) is 0 Å². The molecule has 15 heteroatoms. The number of nitrogens with zero attached hydrogens (tertiary/aromatic N) is 4. The molecule has 0 radical (unpaired) electrons. The Labute approximate surface area is 156 Å². The van der Waals surface area contributed by atoms with Crippen LogP contribution < -0.4 is 5.32 Å². The van der Waals surface area contributed by atoms with Gasteiger partial charge in [0.05, 0.1) is 15.4 Å². The highest BCUT2D eigenvalue weighted by atomic mass is 35.5. The molecule has 1 N–H and O–H groups in total. The Bertz CT molecular complexity index is 905. The van der Waals surface area contributed by atoms with Crippen molar-refractivity contribution in [1.82, 2.24) is 9.97 Å². The van der Waals surface area contributed by atoms with Gasteiger partial charge in [0.25, 0.3) is 0 Å². The largest absolute Gasteiger partial charge is 0.418 e. The van der Waals surface area contributed by atoms with Crippen molar-refractivity contribution in [2.45, 2.75) is 6.18 Å². The molecule has 138 valence electrons. The molecule has 1 heterocycles. The van der Waals surface area contributed by atoms with Crippen molar-refractivity contribution in [1.29, 1.82) is 0 Å². The predicted octanol–water partition coefficient (Wildman–Crippen LogP) is 5.02. The first kappa shape index (κ1) is 19.9. The highest BCUT2D eigenvalue weighted by Gasteiger charge is 2.42. The molecule has 0 spiro atoms. The number of benzene rings is 1. The van der Waals surface area contributed by atoms with E-state index in [1.54, 1.807) is 0 Å². The van der Waals surface area contributed by atoms with E-state index in [9.17, 15) is 33.4 Å². The van der Waals surface area contributed by atoms with E-state index in [0.717, 1.165) is 6.07 Å². The highest BCUT2D eigenvalue weighted by molar-refractivity contribution is 6.34. The molecule has 0 atom stereocenters. The zero-order valence-corrected chi connectivity index (χ0v) is 14.1. The van der Waals surface area contributed by atoms with Crippen molar-refractivity contribution in [2.75, 3.05) is 5.32 Å². The number of anilines is 2. The zero-order valence-electron chi connectivity index (χ0n) is 11.8. The number of nitro benzene ring substituents is 2. The van der Waals surface area contributed by atoms with E-state index in [-0.39, 0.29) is 16.4 Å². The van der Waals surface area contributed by atoms with Gasteiger partial charge in [-0.25, -0.2) is 9.97 Å². The first-order valence-corrected chi connectivity index (χ1v) is 7.24. The maximum atomic E-state index is 13.0. The van der Waals surface area contributed by atoms with E-state index in [2.05, 4.69) is 15.3 Å². The van der Waals surface area contributed by atoms with Gasteiger partial charge in [-0.3, -0.25) is 20.2 Å². The molecule has 26 heavy (non-hydrogen) atoms. The Morgan fingerprint density at radius 1 is 1.00 bits per heavy atom. The molecule has 0 aliphatic heterocycles. The Morgan fingerprint density at radius 3 is 1.96 bits per heavy atom. The summed E-state index contributed by atoms with van der Waals surface area (Å²) in [4.78, 5) is 27.0. The van der Waals surface area contributed by atoms with Gasteiger partial charge in [-0.2, -0.15) is 13.2 Å². The van der Waals surface area contributed by atoms with Crippen LogP contribution >= 0.6 is 34.8 Å². The van der Waals surface area contributed by atoms with Crippen molar-refractivity contribution in [3.63, 3.8) is 0 Å². The quantitative estimate of drug-likeness (QED) is 0.409. The van der Waals surface area contributed by atoms with Crippen molar-refractivity contribution in [3.8, 4) is 0 Å². The third kappa shape index (κ3) is 4.03. The molecule has 0 fully saturated rings. The minimum absolute atomic E-state index is 0.0593. The van der Waals surface area contributed by atoms with Gasteiger partial charge in [0.1, 0.15) is 15.3 Å². The third-order valence-corrected chi connectivity index (χ3v) is 3.57. The summed E-state index contributed by atoms with van der Waals surface area (Å²) in [7, 11) is 0. The van der Waals surface area contributed by atoms with Crippen LogP contribution in [0, 0.1) is 20.2 Å². The van der Waals surface area contributed by atoms with Gasteiger partial charge in [-0.1, -0.05) is 34.8 Å². The molecular weight excluding hydrogens is 430 g/mol. The zero-order chi connectivity index (χ0) is 19.8. The fourth-order valence-electron chi connectivity index (χ4n) is 1.83. The van der Waals surface area contributed by atoms with Gasteiger partial charge in [0.2, 0.25) is 11.6 Å². The monoisotopic (exact) mass is 431 g/mol. The maximum Gasteiger partial charge on any atom is 0.418 e. The number of nitrogens with one attached hydrogen (secondary N) is 1. The number of rotatable bonds is 4. The smallest absolute Gasteiger partial charge is 0.313 e. The second-order valence-electron chi connectivity index (χ2n) is 4.45. The Kier molecular flexibility index (Phi) is 5.39. The molecule has 0 saturated carbocycles. The van der Waals surface area contributed by atoms with Gasteiger partial charge in [-0.15, -0.1) is 0 Å². The molecule has 2 aromatic rings. The SMILES string of the molecule is O=[N+]([O-])c1cc(C(F)(F)F)c(Cl)c([N+](=O)[O-])c1Nc1nc(Cl)cc(Cl)n1. The van der Waals surface area contributed by atoms with E-state index in [0.29, 0.717) is 0 Å². The molecule has 0 aliphatic rings. The first-order chi connectivity index (χ1) is 11.9. The number of aromatic nitrogens is 2. The van der Waals surface area contributed by atoms with Gasteiger partial charge in [0.15, 0.2) is 0 Å². The number of hydrogen-bond acceptors (Lipinski definition) is 7. The van der Waals surface area contributed by atoms with E-state index < -0.39 is 49.6 Å². The Morgan fingerprint density at radius 2 is 1.54 bits per heavy atom. The van der Waals surface area contributed by atoms with Gasteiger partial charge < -0.3 is 5.32 Å². The summed E-state index contributed by atoms with van der Waals surface area (Å²) in [6, 6.07) is 1.15. The summed E-state index contributed by atoms with van der Waals surface area (Å²) < 4.78 is 39.0. The lowest BCUT2D eigenvalue weighted by atomic mass is 10.1. The van der Waals surface area contributed by atoms with E-state index >= 15 is 0 Å². The molecule has 0 unspecified atom stereocenters. The highest BCUT2D eigenvalue weighted by Crippen LogP contribution is 2.48. The molecule has 9 nitrogen and oxygen atoms in total. The van der Waals surface area contributed by atoms with Crippen molar-refractivity contribution >= 4 is 57.8 Å². The third-order valence-electron chi connectivity index (χ3n) is 2.80. The van der Waals surface area contributed by atoms with Crippen LogP contribution in [0.5, 0.6) is 0 Å². The lowest BCUT2D eigenvalue weighted by molar-refractivity contribution is -0.392. The second-order valence-corrected chi connectivity index (χ2v) is 5.61. The minimum atomic E-state index is -5.17. The Balaban J connectivity index is 2.80. The van der Waals surface area contributed by atoms with E-state index in [4.69, 9.17) is 34.8 Å². The summed E-state index contributed by atoms with van der Waals surface area (Å²) in [5.74, 6) is -0.524. The second kappa shape index (κ2) is 7.05. The van der Waals surface area contributed by atoms with Crippen molar-refractivity contribution in [3.05, 3.63) is 53.3 Å². The fourth-order valence-corrected chi connectivity index (χ4v) is 2.58. The molecule has 0 bridgehead atoms. The minimum Gasteiger partial charge on any atom is -0.313 e. The lowest BCUT2D eigenvalue weighted by Crippen LogP contribution is -2.11. The normalized spacial score (nSPS) is 11.3. The molecule has 0 saturated heterocycles. The van der Waals surface area contributed by atoms with Crippen LogP contribution in [0.4, 0.5) is 36.2 Å². The predicted molar refractivity (Wildman–Crippen MR) is 85.1 cm³/mol. The lowest BCUT2D eigenvalue weighted by Gasteiger charge is -2.13. The summed E-state index contributed by atoms with van der Waals surface area (Å²) in [5.41, 5.74) is -5.36.